The van der Waals surface area contributed by atoms with Gasteiger partial charge in [-0.1, -0.05) is 17.2 Å². The van der Waals surface area contributed by atoms with E-state index in [1.807, 2.05) is 26.0 Å². The van der Waals surface area contributed by atoms with E-state index in [1.165, 1.54) is 5.56 Å². The van der Waals surface area contributed by atoms with E-state index < -0.39 is 0 Å². The topological polar surface area (TPSA) is 74.2 Å². The molecule has 124 valence electrons. The van der Waals surface area contributed by atoms with Gasteiger partial charge in [-0.15, -0.1) is 0 Å². The molecule has 1 aliphatic heterocycles. The van der Waals surface area contributed by atoms with Crippen LogP contribution in [-0.4, -0.2) is 21.9 Å². The second kappa shape index (κ2) is 5.78. The number of aromatic nitrogens is 3. The average Bonchev–Trinajstić information content (AvgIpc) is 3.27. The Bertz CT molecular complexity index is 862. The minimum absolute atomic E-state index is 0.206. The van der Waals surface area contributed by atoms with Crippen molar-refractivity contribution in [3.8, 4) is 17.1 Å². The van der Waals surface area contributed by atoms with Crippen LogP contribution in [0.5, 0.6) is 5.75 Å². The van der Waals surface area contributed by atoms with Crippen molar-refractivity contribution >= 4 is 0 Å². The summed E-state index contributed by atoms with van der Waals surface area (Å²) in [6.45, 7) is 6.74. The summed E-state index contributed by atoms with van der Waals surface area (Å²) in [6.07, 6.45) is 1.58. The van der Waals surface area contributed by atoms with Crippen LogP contribution in [0.25, 0.3) is 11.4 Å². The Morgan fingerprint density at radius 1 is 1.17 bits per heavy atom. The Morgan fingerprint density at radius 2 is 2.04 bits per heavy atom. The molecule has 1 atom stereocenters. The van der Waals surface area contributed by atoms with Crippen molar-refractivity contribution in [3.63, 3.8) is 0 Å². The van der Waals surface area contributed by atoms with E-state index in [-0.39, 0.29) is 5.92 Å². The minimum Gasteiger partial charge on any atom is -0.493 e. The molecule has 4 rings (SSSR count). The molecule has 0 saturated carbocycles. The summed E-state index contributed by atoms with van der Waals surface area (Å²) in [5.74, 6) is 3.24. The maximum atomic E-state index is 5.53. The second-order valence-corrected chi connectivity index (χ2v) is 6.28. The predicted molar refractivity (Wildman–Crippen MR) is 87.0 cm³/mol. The maximum absolute atomic E-state index is 5.53. The number of aryl methyl sites for hydroxylation is 2. The molecule has 0 aliphatic carbocycles. The smallest absolute Gasteiger partial charge is 0.227 e. The van der Waals surface area contributed by atoms with Gasteiger partial charge >= 0.3 is 0 Å². The van der Waals surface area contributed by atoms with Crippen LogP contribution in [-0.2, 0) is 12.8 Å². The predicted octanol–water partition coefficient (Wildman–Crippen LogP) is 3.62. The van der Waals surface area contributed by atoms with Gasteiger partial charge in [-0.25, -0.2) is 0 Å². The van der Waals surface area contributed by atoms with Crippen LogP contribution in [0.4, 0.5) is 0 Å². The van der Waals surface area contributed by atoms with Gasteiger partial charge < -0.3 is 13.8 Å². The summed E-state index contributed by atoms with van der Waals surface area (Å²) in [4.78, 5) is 4.55. The normalized spacial score (nSPS) is 14.5. The zero-order valence-corrected chi connectivity index (χ0v) is 14.0. The summed E-state index contributed by atoms with van der Waals surface area (Å²) in [5, 5.41) is 8.14. The van der Waals surface area contributed by atoms with E-state index in [4.69, 9.17) is 13.8 Å². The number of ether oxygens (including phenoxy) is 1. The molecule has 1 aliphatic rings. The number of rotatable bonds is 4. The van der Waals surface area contributed by atoms with Crippen molar-refractivity contribution in [2.24, 2.45) is 0 Å². The number of fused-ring (bicyclic) bond motifs is 1. The first-order valence-corrected chi connectivity index (χ1v) is 8.13. The molecule has 0 spiro atoms. The van der Waals surface area contributed by atoms with Gasteiger partial charge in [0.2, 0.25) is 11.7 Å². The molecule has 0 bridgehead atoms. The molecular formula is C18H19N3O3. The van der Waals surface area contributed by atoms with Gasteiger partial charge in [0.05, 0.1) is 12.3 Å². The van der Waals surface area contributed by atoms with Gasteiger partial charge in [0.1, 0.15) is 11.5 Å². The van der Waals surface area contributed by atoms with E-state index in [1.54, 1.807) is 0 Å². The largest absolute Gasteiger partial charge is 0.493 e. The molecule has 6 heteroatoms. The van der Waals surface area contributed by atoms with Crippen molar-refractivity contribution in [1.82, 2.24) is 15.3 Å². The van der Waals surface area contributed by atoms with Gasteiger partial charge in [0.15, 0.2) is 0 Å². The lowest BCUT2D eigenvalue weighted by Gasteiger charge is -2.07. The summed E-state index contributed by atoms with van der Waals surface area (Å²) < 4.78 is 16.2. The highest BCUT2D eigenvalue weighted by Gasteiger charge is 2.20. The Kier molecular flexibility index (Phi) is 3.59. The fourth-order valence-corrected chi connectivity index (χ4v) is 3.34. The third kappa shape index (κ3) is 2.58. The van der Waals surface area contributed by atoms with Crippen molar-refractivity contribution in [2.75, 3.05) is 6.61 Å². The van der Waals surface area contributed by atoms with E-state index in [0.717, 1.165) is 41.4 Å². The molecular weight excluding hydrogens is 306 g/mol. The van der Waals surface area contributed by atoms with Crippen molar-refractivity contribution in [2.45, 2.75) is 39.5 Å². The number of nitrogens with zero attached hydrogens (tertiary/aromatic N) is 3. The lowest BCUT2D eigenvalue weighted by molar-refractivity contribution is 0.357. The number of hydrogen-bond donors (Lipinski definition) is 0. The molecule has 3 heterocycles. The molecule has 0 amide bonds. The first kappa shape index (κ1) is 14.9. The molecule has 1 aromatic carbocycles. The Hall–Kier alpha value is -2.63. The Balaban J connectivity index is 1.55. The Labute approximate surface area is 139 Å². The summed E-state index contributed by atoms with van der Waals surface area (Å²) in [6, 6.07) is 6.02. The van der Waals surface area contributed by atoms with Crippen LogP contribution in [0, 0.1) is 13.8 Å². The highest BCUT2D eigenvalue weighted by molar-refractivity contribution is 5.59. The number of benzene rings is 1. The monoisotopic (exact) mass is 325 g/mol. The minimum atomic E-state index is 0.206. The van der Waals surface area contributed by atoms with Gasteiger partial charge in [-0.3, -0.25) is 0 Å². The highest BCUT2D eigenvalue weighted by Crippen LogP contribution is 2.30. The Morgan fingerprint density at radius 3 is 2.83 bits per heavy atom. The summed E-state index contributed by atoms with van der Waals surface area (Å²) in [5.41, 5.74) is 4.19. The first-order chi connectivity index (χ1) is 11.6. The third-order valence-corrected chi connectivity index (χ3v) is 4.48. The molecule has 0 unspecified atom stereocenters. The molecule has 0 saturated heterocycles. The zero-order valence-electron chi connectivity index (χ0n) is 14.0. The van der Waals surface area contributed by atoms with Crippen molar-refractivity contribution in [3.05, 3.63) is 46.7 Å². The maximum Gasteiger partial charge on any atom is 0.227 e. The molecule has 2 aromatic heterocycles. The van der Waals surface area contributed by atoms with E-state index in [0.29, 0.717) is 18.1 Å². The molecule has 0 fully saturated rings. The van der Waals surface area contributed by atoms with Crippen LogP contribution >= 0.6 is 0 Å². The zero-order chi connectivity index (χ0) is 16.7. The fourth-order valence-electron chi connectivity index (χ4n) is 3.34. The van der Waals surface area contributed by atoms with Crippen LogP contribution in [0.15, 0.2) is 27.2 Å². The van der Waals surface area contributed by atoms with Crippen LogP contribution in [0.1, 0.15) is 41.3 Å². The van der Waals surface area contributed by atoms with Crippen molar-refractivity contribution in [1.29, 1.82) is 0 Å². The standard InChI is InChI=1S/C18H19N3O3/c1-10(17-11(2)20-23-12(17)3)8-16-19-18(21-24-16)14-4-5-15-13(9-14)6-7-22-15/h4-5,9-10H,6-8H2,1-3H3/t10-/m1/s1. The van der Waals surface area contributed by atoms with Crippen molar-refractivity contribution < 1.29 is 13.8 Å². The van der Waals surface area contributed by atoms with E-state index >= 15 is 0 Å². The van der Waals surface area contributed by atoms with E-state index in [2.05, 4.69) is 28.3 Å². The van der Waals surface area contributed by atoms with Crippen LogP contribution in [0.2, 0.25) is 0 Å². The highest BCUT2D eigenvalue weighted by atomic mass is 16.5. The quantitative estimate of drug-likeness (QED) is 0.729. The molecule has 24 heavy (non-hydrogen) atoms. The fraction of sp³-hybridized carbons (Fsp3) is 0.389. The second-order valence-electron chi connectivity index (χ2n) is 6.28. The van der Waals surface area contributed by atoms with Gasteiger partial charge in [0, 0.05) is 24.0 Å². The van der Waals surface area contributed by atoms with Gasteiger partial charge in [-0.05, 0) is 43.5 Å². The molecule has 3 aromatic rings. The summed E-state index contributed by atoms with van der Waals surface area (Å²) in [7, 11) is 0. The molecule has 0 N–H and O–H groups in total. The summed E-state index contributed by atoms with van der Waals surface area (Å²) >= 11 is 0. The van der Waals surface area contributed by atoms with Gasteiger partial charge in [-0.2, -0.15) is 4.98 Å². The molecule has 0 radical (unpaired) electrons. The molecule has 6 nitrogen and oxygen atoms in total. The lowest BCUT2D eigenvalue weighted by atomic mass is 9.96. The third-order valence-electron chi connectivity index (χ3n) is 4.48. The lowest BCUT2D eigenvalue weighted by Crippen LogP contribution is -2.01. The SMILES string of the molecule is Cc1noc(C)c1[C@H](C)Cc1nc(-c2ccc3c(c2)CCO3)no1. The number of hydrogen-bond acceptors (Lipinski definition) is 6. The van der Waals surface area contributed by atoms with Crippen LogP contribution < -0.4 is 4.74 Å². The average molecular weight is 325 g/mol. The van der Waals surface area contributed by atoms with E-state index in [9.17, 15) is 0 Å². The first-order valence-electron chi connectivity index (χ1n) is 8.13. The van der Waals surface area contributed by atoms with Gasteiger partial charge in [0.25, 0.3) is 0 Å². The van der Waals surface area contributed by atoms with Crippen LogP contribution in [0.3, 0.4) is 0 Å².